The third-order valence-electron chi connectivity index (χ3n) is 2.89. The van der Waals surface area contributed by atoms with E-state index >= 15 is 0 Å². The number of aliphatic imine (C=N–C) groups is 1. The van der Waals surface area contributed by atoms with Gasteiger partial charge in [0.15, 0.2) is 5.96 Å². The van der Waals surface area contributed by atoms with Crippen LogP contribution in [0.15, 0.2) is 17.6 Å². The maximum Gasteiger partial charge on any atom is 0.193 e. The first-order valence-corrected chi connectivity index (χ1v) is 6.33. The number of nitrogens with one attached hydrogen (secondary N) is 1. The third-order valence-corrected chi connectivity index (χ3v) is 2.89. The van der Waals surface area contributed by atoms with E-state index in [1.807, 2.05) is 13.1 Å². The molecule has 1 aliphatic rings. The molecule has 1 rings (SSSR count). The molecule has 0 spiro atoms. The summed E-state index contributed by atoms with van der Waals surface area (Å²) in [4.78, 5) is 6.53. The van der Waals surface area contributed by atoms with E-state index in [0.29, 0.717) is 6.04 Å². The second-order valence-electron chi connectivity index (χ2n) is 4.53. The molecule has 100 valence electrons. The predicted molar refractivity (Wildman–Crippen MR) is 86.2 cm³/mol. The highest BCUT2D eigenvalue weighted by atomic mass is 127. The average molecular weight is 351 g/mol. The molecule has 0 atom stereocenters. The van der Waals surface area contributed by atoms with E-state index in [4.69, 9.17) is 0 Å². The van der Waals surface area contributed by atoms with Gasteiger partial charge in [-0.1, -0.05) is 12.5 Å². The fourth-order valence-corrected chi connectivity index (χ4v) is 1.68. The van der Waals surface area contributed by atoms with Crippen LogP contribution in [-0.4, -0.2) is 37.5 Å². The van der Waals surface area contributed by atoms with Crippen molar-refractivity contribution in [2.75, 3.05) is 20.6 Å². The summed E-state index contributed by atoms with van der Waals surface area (Å²) in [6, 6.07) is 0.682. The number of unbranched alkanes of at least 4 members (excludes halogenated alkanes) is 3. The second kappa shape index (κ2) is 9.74. The minimum atomic E-state index is 0. The molecule has 1 fully saturated rings. The van der Waals surface area contributed by atoms with Crippen molar-refractivity contribution in [3.05, 3.63) is 12.7 Å². The zero-order chi connectivity index (χ0) is 11.8. The highest BCUT2D eigenvalue weighted by Crippen LogP contribution is 2.18. The van der Waals surface area contributed by atoms with Gasteiger partial charge in [-0.05, 0) is 32.1 Å². The summed E-state index contributed by atoms with van der Waals surface area (Å²) in [6.45, 7) is 4.82. The van der Waals surface area contributed by atoms with E-state index in [0.717, 1.165) is 18.9 Å². The van der Waals surface area contributed by atoms with Crippen molar-refractivity contribution in [3.8, 4) is 0 Å². The number of hydrogen-bond donors (Lipinski definition) is 1. The van der Waals surface area contributed by atoms with Crippen LogP contribution in [0.2, 0.25) is 0 Å². The van der Waals surface area contributed by atoms with Gasteiger partial charge in [0.05, 0.1) is 0 Å². The predicted octanol–water partition coefficient (Wildman–Crippen LogP) is 3.02. The molecule has 0 radical (unpaired) electrons. The van der Waals surface area contributed by atoms with E-state index in [1.165, 1.54) is 32.1 Å². The molecule has 0 aromatic carbocycles. The van der Waals surface area contributed by atoms with Crippen molar-refractivity contribution in [1.29, 1.82) is 0 Å². The molecular formula is C13H26IN3. The lowest BCUT2D eigenvalue weighted by Crippen LogP contribution is -2.40. The van der Waals surface area contributed by atoms with Crippen LogP contribution in [0.1, 0.15) is 38.5 Å². The SMILES string of the molecule is C=CCCCCCN(C)C(=NC)NC1CC1.I. The number of hydrogen-bond acceptors (Lipinski definition) is 1. The number of allylic oxidation sites excluding steroid dienone is 1. The van der Waals surface area contributed by atoms with E-state index in [2.05, 4.69) is 28.8 Å². The molecule has 4 heteroatoms. The number of halogens is 1. The zero-order valence-corrected chi connectivity index (χ0v) is 13.4. The Bertz CT molecular complexity index is 237. The summed E-state index contributed by atoms with van der Waals surface area (Å²) < 4.78 is 0. The molecule has 1 saturated carbocycles. The van der Waals surface area contributed by atoms with Crippen molar-refractivity contribution >= 4 is 29.9 Å². The first kappa shape index (κ1) is 16.7. The fraction of sp³-hybridized carbons (Fsp3) is 0.769. The Kier molecular flexibility index (Phi) is 9.59. The van der Waals surface area contributed by atoms with Gasteiger partial charge in [-0.3, -0.25) is 4.99 Å². The standard InChI is InChI=1S/C13H25N3.HI/c1-4-5-6-7-8-11-16(3)13(14-2)15-12-9-10-12;/h4,12H,1,5-11H2,2-3H3,(H,14,15);1H. The van der Waals surface area contributed by atoms with Gasteiger partial charge in [-0.2, -0.15) is 0 Å². The Balaban J connectivity index is 0.00000256. The first-order valence-electron chi connectivity index (χ1n) is 6.33. The van der Waals surface area contributed by atoms with Gasteiger partial charge in [0, 0.05) is 26.7 Å². The van der Waals surface area contributed by atoms with Gasteiger partial charge in [-0.25, -0.2) is 0 Å². The van der Waals surface area contributed by atoms with Crippen LogP contribution < -0.4 is 5.32 Å². The van der Waals surface area contributed by atoms with Gasteiger partial charge in [0.25, 0.3) is 0 Å². The van der Waals surface area contributed by atoms with Gasteiger partial charge in [-0.15, -0.1) is 30.6 Å². The molecule has 3 nitrogen and oxygen atoms in total. The number of guanidine groups is 1. The molecule has 1 N–H and O–H groups in total. The first-order chi connectivity index (χ1) is 7.77. The topological polar surface area (TPSA) is 27.6 Å². The van der Waals surface area contributed by atoms with Gasteiger partial charge >= 0.3 is 0 Å². The maximum atomic E-state index is 4.30. The third kappa shape index (κ3) is 7.63. The normalized spacial score (nSPS) is 15.1. The largest absolute Gasteiger partial charge is 0.354 e. The van der Waals surface area contributed by atoms with Crippen molar-refractivity contribution < 1.29 is 0 Å². The molecule has 17 heavy (non-hydrogen) atoms. The lowest BCUT2D eigenvalue weighted by molar-refractivity contribution is 0.455. The Morgan fingerprint density at radius 1 is 1.41 bits per heavy atom. The van der Waals surface area contributed by atoms with Crippen molar-refractivity contribution in [2.45, 2.75) is 44.6 Å². The second-order valence-corrected chi connectivity index (χ2v) is 4.53. The lowest BCUT2D eigenvalue weighted by Gasteiger charge is -2.21. The van der Waals surface area contributed by atoms with Crippen LogP contribution in [-0.2, 0) is 0 Å². The minimum absolute atomic E-state index is 0. The smallest absolute Gasteiger partial charge is 0.193 e. The van der Waals surface area contributed by atoms with Crippen molar-refractivity contribution in [1.82, 2.24) is 10.2 Å². The number of rotatable bonds is 7. The van der Waals surface area contributed by atoms with Crippen LogP contribution in [0, 0.1) is 0 Å². The Morgan fingerprint density at radius 3 is 2.65 bits per heavy atom. The Labute approximate surface area is 123 Å². The molecule has 0 aliphatic heterocycles. The van der Waals surface area contributed by atoms with Crippen LogP contribution in [0.5, 0.6) is 0 Å². The van der Waals surface area contributed by atoms with E-state index in [9.17, 15) is 0 Å². The molecule has 0 aromatic heterocycles. The highest BCUT2D eigenvalue weighted by molar-refractivity contribution is 14.0. The average Bonchev–Trinajstić information content (AvgIpc) is 3.09. The van der Waals surface area contributed by atoms with Crippen LogP contribution in [0.3, 0.4) is 0 Å². The number of nitrogens with zero attached hydrogens (tertiary/aromatic N) is 2. The summed E-state index contributed by atoms with van der Waals surface area (Å²) in [7, 11) is 3.98. The van der Waals surface area contributed by atoms with Gasteiger partial charge in [0.1, 0.15) is 0 Å². The molecular weight excluding hydrogens is 325 g/mol. The van der Waals surface area contributed by atoms with Crippen molar-refractivity contribution in [3.63, 3.8) is 0 Å². The van der Waals surface area contributed by atoms with Crippen LogP contribution in [0.25, 0.3) is 0 Å². The summed E-state index contributed by atoms with van der Waals surface area (Å²) in [5.74, 6) is 1.05. The summed E-state index contributed by atoms with van der Waals surface area (Å²) >= 11 is 0. The van der Waals surface area contributed by atoms with E-state index in [-0.39, 0.29) is 24.0 Å². The Morgan fingerprint density at radius 2 is 2.12 bits per heavy atom. The van der Waals surface area contributed by atoms with Gasteiger partial charge < -0.3 is 10.2 Å². The molecule has 0 bridgehead atoms. The Hall–Kier alpha value is -0.260. The fourth-order valence-electron chi connectivity index (χ4n) is 1.68. The summed E-state index contributed by atoms with van der Waals surface area (Å²) in [5, 5.41) is 3.45. The molecule has 0 amide bonds. The highest BCUT2D eigenvalue weighted by Gasteiger charge is 2.23. The quantitative estimate of drug-likeness (QED) is 0.251. The lowest BCUT2D eigenvalue weighted by atomic mass is 10.2. The maximum absolute atomic E-state index is 4.30. The van der Waals surface area contributed by atoms with Gasteiger partial charge in [0.2, 0.25) is 0 Å². The van der Waals surface area contributed by atoms with Crippen LogP contribution in [0.4, 0.5) is 0 Å². The van der Waals surface area contributed by atoms with Crippen LogP contribution >= 0.6 is 24.0 Å². The molecule has 0 unspecified atom stereocenters. The molecule has 0 aromatic rings. The van der Waals surface area contributed by atoms with E-state index in [1.54, 1.807) is 0 Å². The molecule has 0 saturated heterocycles. The summed E-state index contributed by atoms with van der Waals surface area (Å²) in [6.07, 6.45) is 9.49. The van der Waals surface area contributed by atoms with E-state index < -0.39 is 0 Å². The summed E-state index contributed by atoms with van der Waals surface area (Å²) in [5.41, 5.74) is 0. The zero-order valence-electron chi connectivity index (χ0n) is 11.1. The van der Waals surface area contributed by atoms with Crippen molar-refractivity contribution in [2.24, 2.45) is 4.99 Å². The monoisotopic (exact) mass is 351 g/mol. The minimum Gasteiger partial charge on any atom is -0.354 e. The molecule has 1 aliphatic carbocycles. The molecule has 0 heterocycles.